The summed E-state index contributed by atoms with van der Waals surface area (Å²) in [4.78, 5) is 0. The Labute approximate surface area is 95.0 Å². The normalized spacial score (nSPS) is 12.9. The summed E-state index contributed by atoms with van der Waals surface area (Å²) in [6.07, 6.45) is 1.13. The Kier molecular flexibility index (Phi) is 4.63. The topological polar surface area (TPSA) is 12.0 Å². The zero-order chi connectivity index (χ0) is 10.6. The molecule has 0 aromatic heterocycles. The summed E-state index contributed by atoms with van der Waals surface area (Å²) in [5.74, 6) is 0. The van der Waals surface area contributed by atoms with Gasteiger partial charge in [0.15, 0.2) is 0 Å². The highest BCUT2D eigenvalue weighted by Gasteiger charge is 2.08. The molecule has 0 radical (unpaired) electrons. The van der Waals surface area contributed by atoms with Gasteiger partial charge in [-0.3, -0.25) is 0 Å². The van der Waals surface area contributed by atoms with Crippen LogP contribution in [0.5, 0.6) is 0 Å². The van der Waals surface area contributed by atoms with Crippen LogP contribution >= 0.6 is 15.9 Å². The highest BCUT2D eigenvalue weighted by atomic mass is 79.9. The fourth-order valence-corrected chi connectivity index (χ4v) is 1.97. The van der Waals surface area contributed by atoms with Gasteiger partial charge in [-0.25, -0.2) is 0 Å². The van der Waals surface area contributed by atoms with Crippen molar-refractivity contribution >= 4 is 15.9 Å². The highest BCUT2D eigenvalue weighted by Crippen LogP contribution is 2.23. The van der Waals surface area contributed by atoms with Gasteiger partial charge in [0.2, 0.25) is 0 Å². The third kappa shape index (κ3) is 2.82. The summed E-state index contributed by atoms with van der Waals surface area (Å²) in [6, 6.07) is 7.07. The molecule has 0 fully saturated rings. The average Bonchev–Trinajstić information content (AvgIpc) is 2.19. The summed E-state index contributed by atoms with van der Waals surface area (Å²) in [5.41, 5.74) is 2.66. The maximum absolute atomic E-state index is 3.57. The molecule has 78 valence electrons. The van der Waals surface area contributed by atoms with Crippen molar-refractivity contribution < 1.29 is 0 Å². The summed E-state index contributed by atoms with van der Waals surface area (Å²) >= 11 is 3.57. The second-order valence-electron chi connectivity index (χ2n) is 3.53. The van der Waals surface area contributed by atoms with Crippen LogP contribution in [0.25, 0.3) is 0 Å². The number of halogens is 1. The molecule has 1 unspecified atom stereocenters. The summed E-state index contributed by atoms with van der Waals surface area (Å²) in [7, 11) is 0. The molecular weight excluding hydrogens is 238 g/mol. The lowest BCUT2D eigenvalue weighted by Crippen LogP contribution is -2.19. The van der Waals surface area contributed by atoms with Crippen molar-refractivity contribution in [1.82, 2.24) is 5.32 Å². The Morgan fingerprint density at radius 1 is 1.36 bits per heavy atom. The van der Waals surface area contributed by atoms with Crippen LogP contribution in [-0.2, 0) is 0 Å². The largest absolute Gasteiger partial charge is 0.310 e. The van der Waals surface area contributed by atoms with E-state index in [-0.39, 0.29) is 0 Å². The molecule has 1 aromatic carbocycles. The van der Waals surface area contributed by atoms with Crippen LogP contribution in [0.2, 0.25) is 0 Å². The lowest BCUT2D eigenvalue weighted by Gasteiger charge is -2.16. The molecule has 1 aromatic rings. The van der Waals surface area contributed by atoms with Crippen LogP contribution in [0.4, 0.5) is 0 Å². The van der Waals surface area contributed by atoms with Crippen molar-refractivity contribution in [2.75, 3.05) is 6.54 Å². The van der Waals surface area contributed by atoms with E-state index < -0.39 is 0 Å². The van der Waals surface area contributed by atoms with Gasteiger partial charge >= 0.3 is 0 Å². The Bertz CT molecular complexity index is 296. The Balaban J connectivity index is 2.88. The molecule has 0 aliphatic carbocycles. The SMILES string of the molecule is CCNC(CC)c1ccc(C)c(Br)c1. The fourth-order valence-electron chi connectivity index (χ4n) is 1.57. The maximum atomic E-state index is 3.57. The quantitative estimate of drug-likeness (QED) is 0.863. The Morgan fingerprint density at radius 2 is 2.07 bits per heavy atom. The van der Waals surface area contributed by atoms with Crippen molar-refractivity contribution in [2.24, 2.45) is 0 Å². The number of aryl methyl sites for hydroxylation is 1. The molecule has 0 bridgehead atoms. The van der Waals surface area contributed by atoms with Crippen LogP contribution in [0.3, 0.4) is 0 Å². The molecule has 14 heavy (non-hydrogen) atoms. The van der Waals surface area contributed by atoms with Crippen LogP contribution in [-0.4, -0.2) is 6.54 Å². The van der Waals surface area contributed by atoms with Gasteiger partial charge in [-0.05, 0) is 37.1 Å². The first-order valence-electron chi connectivity index (χ1n) is 5.18. The maximum Gasteiger partial charge on any atom is 0.0317 e. The second-order valence-corrected chi connectivity index (χ2v) is 4.38. The molecular formula is C12H18BrN. The van der Waals surface area contributed by atoms with Gasteiger partial charge in [0.1, 0.15) is 0 Å². The molecule has 1 atom stereocenters. The third-order valence-corrected chi connectivity index (χ3v) is 3.31. The molecule has 2 heteroatoms. The van der Waals surface area contributed by atoms with E-state index in [4.69, 9.17) is 0 Å². The molecule has 1 rings (SSSR count). The first-order chi connectivity index (χ1) is 6.69. The summed E-state index contributed by atoms with van der Waals surface area (Å²) in [6.45, 7) is 7.49. The minimum Gasteiger partial charge on any atom is -0.310 e. The zero-order valence-electron chi connectivity index (χ0n) is 9.10. The molecule has 1 nitrogen and oxygen atoms in total. The molecule has 1 N–H and O–H groups in total. The van der Waals surface area contributed by atoms with Crippen molar-refractivity contribution in [2.45, 2.75) is 33.2 Å². The molecule has 0 amide bonds. The number of benzene rings is 1. The molecule has 0 saturated carbocycles. The van der Waals surface area contributed by atoms with Crippen LogP contribution < -0.4 is 5.32 Å². The lowest BCUT2D eigenvalue weighted by molar-refractivity contribution is 0.537. The predicted octanol–water partition coefficient (Wildman–Crippen LogP) is 3.82. The highest BCUT2D eigenvalue weighted by molar-refractivity contribution is 9.10. The summed E-state index contributed by atoms with van der Waals surface area (Å²) < 4.78 is 1.20. The average molecular weight is 256 g/mol. The molecule has 0 spiro atoms. The van der Waals surface area contributed by atoms with Crippen molar-refractivity contribution in [1.29, 1.82) is 0 Å². The number of hydrogen-bond acceptors (Lipinski definition) is 1. The van der Waals surface area contributed by atoms with E-state index in [9.17, 15) is 0 Å². The van der Waals surface area contributed by atoms with E-state index in [0.29, 0.717) is 6.04 Å². The van der Waals surface area contributed by atoms with Gasteiger partial charge < -0.3 is 5.32 Å². The van der Waals surface area contributed by atoms with Crippen LogP contribution in [0, 0.1) is 6.92 Å². The van der Waals surface area contributed by atoms with E-state index in [1.807, 2.05) is 0 Å². The monoisotopic (exact) mass is 255 g/mol. The predicted molar refractivity (Wildman–Crippen MR) is 65.6 cm³/mol. The van der Waals surface area contributed by atoms with E-state index in [2.05, 4.69) is 60.2 Å². The van der Waals surface area contributed by atoms with Crippen LogP contribution in [0.15, 0.2) is 22.7 Å². The fraction of sp³-hybridized carbons (Fsp3) is 0.500. The smallest absolute Gasteiger partial charge is 0.0317 e. The van der Waals surface area contributed by atoms with E-state index in [1.54, 1.807) is 0 Å². The number of hydrogen-bond donors (Lipinski definition) is 1. The summed E-state index contributed by atoms with van der Waals surface area (Å²) in [5, 5.41) is 3.47. The minimum atomic E-state index is 0.483. The third-order valence-electron chi connectivity index (χ3n) is 2.46. The second kappa shape index (κ2) is 5.52. The first kappa shape index (κ1) is 11.7. The number of nitrogens with one attached hydrogen (secondary N) is 1. The molecule has 0 aliphatic heterocycles. The lowest BCUT2D eigenvalue weighted by atomic mass is 10.0. The van der Waals surface area contributed by atoms with E-state index in [1.165, 1.54) is 15.6 Å². The standard InChI is InChI=1S/C12H18BrN/c1-4-12(14-5-2)10-7-6-9(3)11(13)8-10/h6-8,12,14H,4-5H2,1-3H3. The van der Waals surface area contributed by atoms with Gasteiger partial charge in [0.05, 0.1) is 0 Å². The first-order valence-corrected chi connectivity index (χ1v) is 5.97. The van der Waals surface area contributed by atoms with Gasteiger partial charge in [-0.1, -0.05) is 41.9 Å². The molecule has 0 saturated heterocycles. The van der Waals surface area contributed by atoms with Crippen molar-refractivity contribution in [3.8, 4) is 0 Å². The minimum absolute atomic E-state index is 0.483. The van der Waals surface area contributed by atoms with Crippen molar-refractivity contribution in [3.63, 3.8) is 0 Å². The van der Waals surface area contributed by atoms with E-state index >= 15 is 0 Å². The van der Waals surface area contributed by atoms with Crippen LogP contribution in [0.1, 0.15) is 37.4 Å². The van der Waals surface area contributed by atoms with Gasteiger partial charge in [-0.2, -0.15) is 0 Å². The number of rotatable bonds is 4. The van der Waals surface area contributed by atoms with Gasteiger partial charge in [0, 0.05) is 10.5 Å². The van der Waals surface area contributed by atoms with Crippen molar-refractivity contribution in [3.05, 3.63) is 33.8 Å². The van der Waals surface area contributed by atoms with Gasteiger partial charge in [-0.15, -0.1) is 0 Å². The molecule has 0 heterocycles. The Morgan fingerprint density at radius 3 is 2.57 bits per heavy atom. The van der Waals surface area contributed by atoms with E-state index in [0.717, 1.165) is 13.0 Å². The molecule has 0 aliphatic rings. The Hall–Kier alpha value is -0.340. The van der Waals surface area contributed by atoms with Gasteiger partial charge in [0.25, 0.3) is 0 Å². The zero-order valence-corrected chi connectivity index (χ0v) is 10.7.